The molecule has 1 N–H and O–H groups in total. The average Bonchev–Trinajstić information content (AvgIpc) is 3.26. The molecule has 0 amide bonds. The molecule has 4 nitrogen and oxygen atoms in total. The number of ether oxygens (including phenoxy) is 1. The summed E-state index contributed by atoms with van der Waals surface area (Å²) in [5.74, 6) is 0.256. The molecule has 0 fully saturated rings. The number of H-pyrrole nitrogens is 1. The van der Waals surface area contributed by atoms with Crippen molar-refractivity contribution in [2.75, 3.05) is 24.7 Å². The summed E-state index contributed by atoms with van der Waals surface area (Å²) in [4.78, 5) is 10.8. The van der Waals surface area contributed by atoms with E-state index in [9.17, 15) is 0 Å². The summed E-state index contributed by atoms with van der Waals surface area (Å²) in [5, 5.41) is 3.71. The Morgan fingerprint density at radius 1 is 1.21 bits per heavy atom. The Morgan fingerprint density at radius 2 is 2.04 bits per heavy atom. The molecule has 0 spiro atoms. The quantitative estimate of drug-likeness (QED) is 0.416. The molecule has 1 aliphatic heterocycles. The first-order chi connectivity index (χ1) is 13.6. The third-order valence-electron chi connectivity index (χ3n) is 5.21. The zero-order valence-electron chi connectivity index (χ0n) is 15.3. The molecular weight excluding hydrogens is 413 g/mol. The molecule has 1 unspecified atom stereocenters. The number of halogens is 2. The minimum absolute atomic E-state index is 0.256. The highest BCUT2D eigenvalue weighted by molar-refractivity contribution is 7.22. The van der Waals surface area contributed by atoms with Gasteiger partial charge >= 0.3 is 0 Å². The number of anilines is 1. The van der Waals surface area contributed by atoms with Crippen molar-refractivity contribution in [3.05, 3.63) is 57.7 Å². The van der Waals surface area contributed by atoms with E-state index < -0.39 is 0 Å². The molecule has 0 saturated carbocycles. The zero-order chi connectivity index (χ0) is 19.3. The molecule has 0 radical (unpaired) electrons. The molecule has 7 heteroatoms. The topological polar surface area (TPSA) is 41.1 Å². The van der Waals surface area contributed by atoms with Crippen LogP contribution in [0.3, 0.4) is 0 Å². The van der Waals surface area contributed by atoms with Crippen LogP contribution < -0.4 is 4.90 Å². The predicted molar refractivity (Wildman–Crippen MR) is 118 cm³/mol. The lowest BCUT2D eigenvalue weighted by atomic mass is 9.92. The summed E-state index contributed by atoms with van der Waals surface area (Å²) >= 11 is 14.1. The van der Waals surface area contributed by atoms with E-state index in [1.807, 2.05) is 31.2 Å². The lowest BCUT2D eigenvalue weighted by molar-refractivity contribution is 0.132. The molecule has 2 aromatic heterocycles. The minimum atomic E-state index is 0.256. The van der Waals surface area contributed by atoms with Crippen LogP contribution in [0.4, 0.5) is 5.13 Å². The lowest BCUT2D eigenvalue weighted by Crippen LogP contribution is -2.35. The second kappa shape index (κ2) is 7.23. The van der Waals surface area contributed by atoms with E-state index in [1.165, 1.54) is 16.6 Å². The molecule has 5 rings (SSSR count). The number of nitrogens with zero attached hydrogens (tertiary/aromatic N) is 2. The molecular formula is C21H19Cl2N3OS. The molecule has 2 aromatic carbocycles. The molecule has 0 saturated heterocycles. The monoisotopic (exact) mass is 431 g/mol. The van der Waals surface area contributed by atoms with Crippen molar-refractivity contribution >= 4 is 60.8 Å². The maximum absolute atomic E-state index is 6.28. The lowest BCUT2D eigenvalue weighted by Gasteiger charge is -2.32. The summed E-state index contributed by atoms with van der Waals surface area (Å²) < 4.78 is 6.94. The van der Waals surface area contributed by atoms with Gasteiger partial charge in [0.15, 0.2) is 5.13 Å². The number of hydrogen-bond acceptors (Lipinski definition) is 4. The number of benzene rings is 2. The molecule has 0 bridgehead atoms. The van der Waals surface area contributed by atoms with E-state index in [1.54, 1.807) is 11.3 Å². The first kappa shape index (κ1) is 18.3. The molecule has 4 aromatic rings. The van der Waals surface area contributed by atoms with Gasteiger partial charge in [0, 0.05) is 45.7 Å². The van der Waals surface area contributed by atoms with Crippen LogP contribution in [0.1, 0.15) is 24.1 Å². The third-order valence-corrected chi connectivity index (χ3v) is 6.76. The zero-order valence-corrected chi connectivity index (χ0v) is 17.7. The number of aromatic nitrogens is 2. The van der Waals surface area contributed by atoms with Crippen LogP contribution in [-0.2, 0) is 11.3 Å². The number of aromatic amines is 1. The van der Waals surface area contributed by atoms with Gasteiger partial charge in [-0.25, -0.2) is 4.98 Å². The maximum Gasteiger partial charge on any atom is 0.186 e. The number of rotatable bonds is 4. The van der Waals surface area contributed by atoms with Gasteiger partial charge in [0.2, 0.25) is 0 Å². The van der Waals surface area contributed by atoms with Crippen molar-refractivity contribution in [1.29, 1.82) is 0 Å². The Hall–Kier alpha value is -1.79. The van der Waals surface area contributed by atoms with Gasteiger partial charge in [0.25, 0.3) is 0 Å². The van der Waals surface area contributed by atoms with Crippen molar-refractivity contribution in [2.24, 2.45) is 0 Å². The number of thiazole rings is 1. The van der Waals surface area contributed by atoms with Crippen LogP contribution in [0.25, 0.3) is 21.1 Å². The summed E-state index contributed by atoms with van der Waals surface area (Å²) in [6, 6.07) is 11.9. The molecule has 1 atom stereocenters. The Bertz CT molecular complexity index is 1170. The SMILES string of the molecule is CCOCC1CN(c2nc3ccc(Cl)cc3s2)Cc2[nH]c3ccc(Cl)cc3c21. The van der Waals surface area contributed by atoms with Crippen molar-refractivity contribution in [2.45, 2.75) is 19.4 Å². The van der Waals surface area contributed by atoms with Gasteiger partial charge in [-0.1, -0.05) is 34.5 Å². The fourth-order valence-electron chi connectivity index (χ4n) is 4.01. The standard InChI is InChI=1S/C21H19Cl2N3OS/c1-2-27-11-12-9-26(21-25-17-6-4-14(23)8-19(17)28-21)10-18-20(12)15-7-13(22)3-5-16(15)24-18/h3-8,12,24H,2,9-11H2,1H3. The Morgan fingerprint density at radius 3 is 2.89 bits per heavy atom. The van der Waals surface area contributed by atoms with Crippen LogP contribution in [0.5, 0.6) is 0 Å². The van der Waals surface area contributed by atoms with Crippen LogP contribution in [0, 0.1) is 0 Å². The second-order valence-electron chi connectivity index (χ2n) is 7.05. The Kier molecular flexibility index (Phi) is 4.71. The molecule has 144 valence electrons. The van der Waals surface area contributed by atoms with Crippen LogP contribution >= 0.6 is 34.5 Å². The van der Waals surface area contributed by atoms with Crippen LogP contribution in [-0.4, -0.2) is 29.7 Å². The minimum Gasteiger partial charge on any atom is -0.381 e. The van der Waals surface area contributed by atoms with Gasteiger partial charge in [-0.05, 0) is 48.9 Å². The van der Waals surface area contributed by atoms with Crippen molar-refractivity contribution in [3.8, 4) is 0 Å². The summed E-state index contributed by atoms with van der Waals surface area (Å²) in [5.41, 5.74) is 4.64. The Labute approximate surface area is 177 Å². The highest BCUT2D eigenvalue weighted by Crippen LogP contribution is 2.39. The number of hydrogen-bond donors (Lipinski definition) is 1. The first-order valence-electron chi connectivity index (χ1n) is 9.31. The van der Waals surface area contributed by atoms with E-state index in [2.05, 4.69) is 22.0 Å². The Balaban J connectivity index is 1.57. The van der Waals surface area contributed by atoms with Crippen LogP contribution in [0.2, 0.25) is 10.0 Å². The van der Waals surface area contributed by atoms with Crippen molar-refractivity contribution in [3.63, 3.8) is 0 Å². The van der Waals surface area contributed by atoms with E-state index in [0.717, 1.165) is 44.0 Å². The third kappa shape index (κ3) is 3.16. The fraction of sp³-hybridized carbons (Fsp3) is 0.286. The average molecular weight is 432 g/mol. The summed E-state index contributed by atoms with van der Waals surface area (Å²) in [6.07, 6.45) is 0. The highest BCUT2D eigenvalue weighted by Gasteiger charge is 2.30. The number of fused-ring (bicyclic) bond motifs is 4. The molecule has 3 heterocycles. The van der Waals surface area contributed by atoms with Gasteiger partial charge < -0.3 is 14.6 Å². The van der Waals surface area contributed by atoms with E-state index in [0.29, 0.717) is 13.2 Å². The fourth-order valence-corrected chi connectivity index (χ4v) is 5.43. The molecule has 1 aliphatic rings. The van der Waals surface area contributed by atoms with Crippen LogP contribution in [0.15, 0.2) is 36.4 Å². The van der Waals surface area contributed by atoms with Gasteiger partial charge in [-0.3, -0.25) is 0 Å². The van der Waals surface area contributed by atoms with E-state index in [-0.39, 0.29) is 5.92 Å². The van der Waals surface area contributed by atoms with Crippen molar-refractivity contribution in [1.82, 2.24) is 9.97 Å². The van der Waals surface area contributed by atoms with Gasteiger partial charge in [0.1, 0.15) is 0 Å². The van der Waals surface area contributed by atoms with E-state index >= 15 is 0 Å². The maximum atomic E-state index is 6.28. The van der Waals surface area contributed by atoms with Gasteiger partial charge in [0.05, 0.1) is 23.4 Å². The second-order valence-corrected chi connectivity index (χ2v) is 8.93. The van der Waals surface area contributed by atoms with Gasteiger partial charge in [-0.15, -0.1) is 0 Å². The number of nitrogens with one attached hydrogen (secondary N) is 1. The first-order valence-corrected chi connectivity index (χ1v) is 10.9. The highest BCUT2D eigenvalue weighted by atomic mass is 35.5. The normalized spacial score (nSPS) is 16.8. The summed E-state index contributed by atoms with van der Waals surface area (Å²) in [6.45, 7) is 5.06. The predicted octanol–water partition coefficient (Wildman–Crippen LogP) is 6.22. The molecule has 28 heavy (non-hydrogen) atoms. The van der Waals surface area contributed by atoms with Crippen molar-refractivity contribution < 1.29 is 4.74 Å². The largest absolute Gasteiger partial charge is 0.381 e. The van der Waals surface area contributed by atoms with E-state index in [4.69, 9.17) is 32.9 Å². The summed E-state index contributed by atoms with van der Waals surface area (Å²) in [7, 11) is 0. The smallest absolute Gasteiger partial charge is 0.186 e. The van der Waals surface area contributed by atoms with Gasteiger partial charge in [-0.2, -0.15) is 0 Å². The molecule has 0 aliphatic carbocycles.